The van der Waals surface area contributed by atoms with E-state index in [2.05, 4.69) is 6.07 Å². The maximum atomic E-state index is 12.8. The van der Waals surface area contributed by atoms with Crippen LogP contribution >= 0.6 is 0 Å². The summed E-state index contributed by atoms with van der Waals surface area (Å²) in [6, 6.07) is 10.8. The lowest BCUT2D eigenvalue weighted by molar-refractivity contribution is 0.0920. The lowest BCUT2D eigenvalue weighted by Gasteiger charge is -2.12. The fourth-order valence-electron chi connectivity index (χ4n) is 2.10. The van der Waals surface area contributed by atoms with E-state index in [9.17, 15) is 9.18 Å². The quantitative estimate of drug-likeness (QED) is 0.806. The zero-order valence-electron chi connectivity index (χ0n) is 11.8. The standard InChI is InChI=1S/C17H14FNO2/c1-11-7-13(9-19)8-12(2)17(11)21-10-16(20)14-3-5-15(18)6-4-14/h3-8H,10H2,1-2H3. The Hall–Kier alpha value is -2.67. The molecule has 2 aromatic carbocycles. The predicted octanol–water partition coefficient (Wildman–Crippen LogP) is 3.58. The number of carbonyl (C=O) groups excluding carboxylic acids is 1. The Balaban J connectivity index is 2.12. The van der Waals surface area contributed by atoms with Crippen LogP contribution < -0.4 is 4.74 Å². The summed E-state index contributed by atoms with van der Waals surface area (Å²) in [5.41, 5.74) is 2.57. The van der Waals surface area contributed by atoms with E-state index in [-0.39, 0.29) is 18.2 Å². The van der Waals surface area contributed by atoms with Crippen LogP contribution in [0.25, 0.3) is 0 Å². The minimum absolute atomic E-state index is 0.126. The van der Waals surface area contributed by atoms with Crippen LogP contribution in [0, 0.1) is 31.0 Å². The Kier molecular flexibility index (Phi) is 4.34. The van der Waals surface area contributed by atoms with Crippen LogP contribution in [-0.2, 0) is 0 Å². The first kappa shape index (κ1) is 14.7. The van der Waals surface area contributed by atoms with E-state index >= 15 is 0 Å². The molecule has 0 unspecified atom stereocenters. The molecule has 0 radical (unpaired) electrons. The minimum atomic E-state index is -0.383. The molecule has 21 heavy (non-hydrogen) atoms. The highest BCUT2D eigenvalue weighted by Crippen LogP contribution is 2.24. The third kappa shape index (κ3) is 3.46. The number of ether oxygens (including phenoxy) is 1. The zero-order valence-corrected chi connectivity index (χ0v) is 11.8. The van der Waals surface area contributed by atoms with Crippen LogP contribution in [-0.4, -0.2) is 12.4 Å². The molecule has 106 valence electrons. The van der Waals surface area contributed by atoms with Crippen LogP contribution in [0.15, 0.2) is 36.4 Å². The summed E-state index contributed by atoms with van der Waals surface area (Å²) >= 11 is 0. The first-order valence-electron chi connectivity index (χ1n) is 6.44. The zero-order chi connectivity index (χ0) is 15.4. The number of Topliss-reactive ketones (excluding diaryl/α,β-unsaturated/α-hetero) is 1. The van der Waals surface area contributed by atoms with Crippen molar-refractivity contribution < 1.29 is 13.9 Å². The summed E-state index contributed by atoms with van der Waals surface area (Å²) in [4.78, 5) is 12.0. The minimum Gasteiger partial charge on any atom is -0.485 e. The highest BCUT2D eigenvalue weighted by molar-refractivity contribution is 5.97. The van der Waals surface area contributed by atoms with E-state index in [0.29, 0.717) is 16.9 Å². The Bertz CT molecular complexity index is 692. The molecule has 3 nitrogen and oxygen atoms in total. The van der Waals surface area contributed by atoms with Gasteiger partial charge in [0.05, 0.1) is 11.6 Å². The lowest BCUT2D eigenvalue weighted by Crippen LogP contribution is -2.12. The van der Waals surface area contributed by atoms with E-state index in [4.69, 9.17) is 10.00 Å². The van der Waals surface area contributed by atoms with Gasteiger partial charge in [0.15, 0.2) is 12.4 Å². The molecule has 0 fully saturated rings. The van der Waals surface area contributed by atoms with Crippen molar-refractivity contribution in [1.29, 1.82) is 5.26 Å². The maximum Gasteiger partial charge on any atom is 0.200 e. The summed E-state index contributed by atoms with van der Waals surface area (Å²) < 4.78 is 18.4. The van der Waals surface area contributed by atoms with Gasteiger partial charge in [0, 0.05) is 5.56 Å². The first-order chi connectivity index (χ1) is 10.0. The van der Waals surface area contributed by atoms with Crippen LogP contribution in [0.5, 0.6) is 5.75 Å². The predicted molar refractivity (Wildman–Crippen MR) is 76.9 cm³/mol. The van der Waals surface area contributed by atoms with Gasteiger partial charge in [-0.1, -0.05) is 0 Å². The van der Waals surface area contributed by atoms with Gasteiger partial charge in [-0.3, -0.25) is 4.79 Å². The topological polar surface area (TPSA) is 50.1 Å². The van der Waals surface area contributed by atoms with Crippen molar-refractivity contribution in [3.8, 4) is 11.8 Å². The number of aryl methyl sites for hydroxylation is 2. The molecule has 0 bridgehead atoms. The van der Waals surface area contributed by atoms with Gasteiger partial charge in [-0.2, -0.15) is 5.26 Å². The van der Waals surface area contributed by atoms with E-state index in [1.165, 1.54) is 24.3 Å². The lowest BCUT2D eigenvalue weighted by atomic mass is 10.1. The molecule has 2 aromatic rings. The van der Waals surface area contributed by atoms with Crippen molar-refractivity contribution in [1.82, 2.24) is 0 Å². The van der Waals surface area contributed by atoms with Crippen LogP contribution in [0.1, 0.15) is 27.0 Å². The molecule has 0 N–H and O–H groups in total. The SMILES string of the molecule is Cc1cc(C#N)cc(C)c1OCC(=O)c1ccc(F)cc1. The molecule has 0 amide bonds. The average molecular weight is 283 g/mol. The van der Waals surface area contributed by atoms with Crippen molar-refractivity contribution in [2.24, 2.45) is 0 Å². The highest BCUT2D eigenvalue weighted by Gasteiger charge is 2.11. The molecule has 0 saturated heterocycles. The fourth-order valence-corrected chi connectivity index (χ4v) is 2.10. The Morgan fingerprint density at radius 3 is 2.29 bits per heavy atom. The number of carbonyl (C=O) groups is 1. The van der Waals surface area contributed by atoms with Crippen molar-refractivity contribution in [2.45, 2.75) is 13.8 Å². The highest BCUT2D eigenvalue weighted by atomic mass is 19.1. The van der Waals surface area contributed by atoms with Crippen LogP contribution in [0.3, 0.4) is 0 Å². The van der Waals surface area contributed by atoms with E-state index < -0.39 is 0 Å². The summed E-state index contributed by atoms with van der Waals surface area (Å²) in [5.74, 6) is -0.00568. The molecule has 0 aliphatic rings. The van der Waals surface area contributed by atoms with Crippen LogP contribution in [0.2, 0.25) is 0 Å². The van der Waals surface area contributed by atoms with E-state index in [1.54, 1.807) is 12.1 Å². The maximum absolute atomic E-state index is 12.8. The molecule has 0 aliphatic carbocycles. The summed E-state index contributed by atoms with van der Waals surface area (Å²) in [6.07, 6.45) is 0. The van der Waals surface area contributed by atoms with Gasteiger partial charge in [-0.25, -0.2) is 4.39 Å². The van der Waals surface area contributed by atoms with Crippen molar-refractivity contribution >= 4 is 5.78 Å². The molecule has 0 aromatic heterocycles. The van der Waals surface area contributed by atoms with Crippen LogP contribution in [0.4, 0.5) is 4.39 Å². The second kappa shape index (κ2) is 6.19. The molecule has 2 rings (SSSR count). The fraction of sp³-hybridized carbons (Fsp3) is 0.176. The number of hydrogen-bond acceptors (Lipinski definition) is 3. The third-order valence-corrected chi connectivity index (χ3v) is 3.10. The number of benzene rings is 2. The smallest absolute Gasteiger partial charge is 0.200 e. The number of nitriles is 1. The normalized spacial score (nSPS) is 10.0. The van der Waals surface area contributed by atoms with Gasteiger partial charge in [-0.05, 0) is 61.4 Å². The monoisotopic (exact) mass is 283 g/mol. The van der Waals surface area contributed by atoms with Gasteiger partial charge < -0.3 is 4.74 Å². The summed E-state index contributed by atoms with van der Waals surface area (Å²) in [5, 5.41) is 8.89. The summed E-state index contributed by atoms with van der Waals surface area (Å²) in [6.45, 7) is 3.52. The second-order valence-electron chi connectivity index (χ2n) is 4.77. The van der Waals surface area contributed by atoms with E-state index in [0.717, 1.165) is 11.1 Å². The van der Waals surface area contributed by atoms with Gasteiger partial charge in [0.1, 0.15) is 11.6 Å². The summed E-state index contributed by atoms with van der Waals surface area (Å²) in [7, 11) is 0. The molecule has 0 saturated carbocycles. The van der Waals surface area contributed by atoms with Gasteiger partial charge in [0.2, 0.25) is 0 Å². The number of hydrogen-bond donors (Lipinski definition) is 0. The third-order valence-electron chi connectivity index (χ3n) is 3.10. The largest absolute Gasteiger partial charge is 0.485 e. The molecule has 4 heteroatoms. The average Bonchev–Trinajstić information content (AvgIpc) is 2.46. The van der Waals surface area contributed by atoms with Crippen molar-refractivity contribution in [3.63, 3.8) is 0 Å². The second-order valence-corrected chi connectivity index (χ2v) is 4.77. The van der Waals surface area contributed by atoms with Gasteiger partial charge >= 0.3 is 0 Å². The Morgan fingerprint density at radius 1 is 1.19 bits per heavy atom. The molecular weight excluding hydrogens is 269 g/mol. The molecule has 0 spiro atoms. The number of ketones is 1. The number of halogens is 1. The van der Waals surface area contributed by atoms with Crippen molar-refractivity contribution in [2.75, 3.05) is 6.61 Å². The molecule has 0 heterocycles. The molecule has 0 atom stereocenters. The first-order valence-corrected chi connectivity index (χ1v) is 6.44. The Labute approximate surface area is 122 Å². The van der Waals surface area contributed by atoms with Gasteiger partial charge in [0.25, 0.3) is 0 Å². The van der Waals surface area contributed by atoms with E-state index in [1.807, 2.05) is 13.8 Å². The Morgan fingerprint density at radius 2 is 1.76 bits per heavy atom. The van der Waals surface area contributed by atoms with Gasteiger partial charge in [-0.15, -0.1) is 0 Å². The molecular formula is C17H14FNO2. The van der Waals surface area contributed by atoms with Crippen molar-refractivity contribution in [3.05, 3.63) is 64.5 Å². The number of rotatable bonds is 4. The molecule has 0 aliphatic heterocycles. The number of nitrogens with zero attached hydrogens (tertiary/aromatic N) is 1.